The monoisotopic (exact) mass is 262 g/mol. The van der Waals surface area contributed by atoms with Crippen LogP contribution in [0.1, 0.15) is 38.2 Å². The first-order chi connectivity index (χ1) is 9.26. The molecule has 2 nitrogen and oxygen atoms in total. The summed E-state index contributed by atoms with van der Waals surface area (Å²) >= 11 is 0. The second-order valence-corrected chi connectivity index (χ2v) is 5.92. The lowest BCUT2D eigenvalue weighted by Crippen LogP contribution is -2.28. The summed E-state index contributed by atoms with van der Waals surface area (Å²) in [6.45, 7) is 4.86. The van der Waals surface area contributed by atoms with E-state index in [4.69, 9.17) is 0 Å². The van der Waals surface area contributed by atoms with Gasteiger partial charge in [0.1, 0.15) is 5.82 Å². The van der Waals surface area contributed by atoms with Crippen LogP contribution in [0.25, 0.3) is 0 Å². The van der Waals surface area contributed by atoms with Crippen LogP contribution < -0.4 is 10.2 Å². The van der Waals surface area contributed by atoms with Crippen LogP contribution in [0.2, 0.25) is 0 Å². The maximum atomic E-state index is 13.8. The van der Waals surface area contributed by atoms with E-state index in [1.807, 2.05) is 0 Å². The third-order valence-corrected chi connectivity index (χ3v) is 3.99. The molecule has 3 heteroatoms. The Morgan fingerprint density at radius 2 is 2.00 bits per heavy atom. The van der Waals surface area contributed by atoms with Gasteiger partial charge < -0.3 is 10.2 Å². The topological polar surface area (TPSA) is 15.3 Å². The molecule has 2 fully saturated rings. The van der Waals surface area contributed by atoms with E-state index in [0.717, 1.165) is 36.8 Å². The van der Waals surface area contributed by atoms with Crippen molar-refractivity contribution in [2.24, 2.45) is 5.92 Å². The summed E-state index contributed by atoms with van der Waals surface area (Å²) in [7, 11) is 0. The number of hydrogen-bond acceptors (Lipinski definition) is 2. The van der Waals surface area contributed by atoms with Crippen molar-refractivity contribution in [2.45, 2.75) is 45.2 Å². The van der Waals surface area contributed by atoms with Crippen LogP contribution in [0.4, 0.5) is 10.1 Å². The highest BCUT2D eigenvalue weighted by atomic mass is 19.1. The minimum atomic E-state index is -0.105. The largest absolute Gasteiger partial charge is 0.368 e. The summed E-state index contributed by atoms with van der Waals surface area (Å²) in [5.41, 5.74) is 2.14. The zero-order valence-electron chi connectivity index (χ0n) is 11.7. The number of anilines is 1. The van der Waals surface area contributed by atoms with Gasteiger partial charge in [-0.2, -0.15) is 0 Å². The molecule has 0 saturated heterocycles. The number of rotatable bonds is 7. The molecule has 0 radical (unpaired) electrons. The fourth-order valence-electron chi connectivity index (χ4n) is 2.60. The summed E-state index contributed by atoms with van der Waals surface area (Å²) in [4.78, 5) is 2.44. The van der Waals surface area contributed by atoms with Crippen molar-refractivity contribution in [2.75, 3.05) is 18.0 Å². The summed E-state index contributed by atoms with van der Waals surface area (Å²) in [5, 5.41) is 3.27. The lowest BCUT2D eigenvalue weighted by molar-refractivity contribution is 0.618. The Hall–Kier alpha value is -1.09. The minimum Gasteiger partial charge on any atom is -0.368 e. The highest BCUT2D eigenvalue weighted by Gasteiger charge is 2.34. The van der Waals surface area contributed by atoms with E-state index in [0.29, 0.717) is 6.04 Å². The van der Waals surface area contributed by atoms with Crippen LogP contribution in [0.5, 0.6) is 0 Å². The van der Waals surface area contributed by atoms with Gasteiger partial charge in [-0.05, 0) is 61.9 Å². The molecule has 0 atom stereocenters. The van der Waals surface area contributed by atoms with Crippen molar-refractivity contribution in [1.82, 2.24) is 5.32 Å². The van der Waals surface area contributed by atoms with Gasteiger partial charge >= 0.3 is 0 Å². The average molecular weight is 262 g/mol. The second kappa shape index (κ2) is 5.49. The highest BCUT2D eigenvalue weighted by Crippen LogP contribution is 2.38. The summed E-state index contributed by atoms with van der Waals surface area (Å²) in [5.74, 6) is 0.743. The molecule has 0 amide bonds. The van der Waals surface area contributed by atoms with Gasteiger partial charge in [0.05, 0.1) is 0 Å². The fourth-order valence-corrected chi connectivity index (χ4v) is 2.60. The molecule has 0 unspecified atom stereocenters. The molecule has 1 aromatic carbocycles. The Morgan fingerprint density at radius 1 is 1.21 bits per heavy atom. The van der Waals surface area contributed by atoms with Crippen LogP contribution in [-0.4, -0.2) is 19.1 Å². The van der Waals surface area contributed by atoms with E-state index < -0.39 is 0 Å². The molecular weight excluding hydrogens is 239 g/mol. The van der Waals surface area contributed by atoms with Crippen molar-refractivity contribution < 1.29 is 4.39 Å². The summed E-state index contributed by atoms with van der Waals surface area (Å²) in [6, 6.07) is 6.17. The standard InChI is InChI=1S/C16H23FN2/c1-2-18-10-13-7-14(17)9-16(8-13)19(15-5-6-15)11-12-3-4-12/h7-9,12,15,18H,2-6,10-11H2,1H3. The molecule has 0 bridgehead atoms. The third kappa shape index (κ3) is 3.47. The molecule has 19 heavy (non-hydrogen) atoms. The molecule has 2 aliphatic carbocycles. The second-order valence-electron chi connectivity index (χ2n) is 5.92. The van der Waals surface area contributed by atoms with Gasteiger partial charge in [-0.1, -0.05) is 6.92 Å². The van der Waals surface area contributed by atoms with Gasteiger partial charge in [0, 0.05) is 24.8 Å². The maximum absolute atomic E-state index is 13.8. The predicted molar refractivity (Wildman–Crippen MR) is 76.9 cm³/mol. The number of hydrogen-bond donors (Lipinski definition) is 1. The van der Waals surface area contributed by atoms with Crippen molar-refractivity contribution in [1.29, 1.82) is 0 Å². The molecule has 0 aliphatic heterocycles. The van der Waals surface area contributed by atoms with Crippen molar-refractivity contribution in [3.05, 3.63) is 29.6 Å². The normalized spacial score (nSPS) is 18.6. The molecule has 2 saturated carbocycles. The number of benzene rings is 1. The van der Waals surface area contributed by atoms with E-state index in [9.17, 15) is 4.39 Å². The minimum absolute atomic E-state index is 0.105. The van der Waals surface area contributed by atoms with Gasteiger partial charge in [-0.3, -0.25) is 0 Å². The first-order valence-electron chi connectivity index (χ1n) is 7.53. The molecule has 0 heterocycles. The Labute approximate surface area is 115 Å². The number of nitrogens with one attached hydrogen (secondary N) is 1. The van der Waals surface area contributed by atoms with E-state index in [1.54, 1.807) is 12.1 Å². The molecule has 3 rings (SSSR count). The lowest BCUT2D eigenvalue weighted by Gasteiger charge is -2.25. The first kappa shape index (κ1) is 12.9. The molecule has 0 spiro atoms. The van der Waals surface area contributed by atoms with Crippen LogP contribution in [0.3, 0.4) is 0 Å². The Bertz CT molecular complexity index is 438. The van der Waals surface area contributed by atoms with Crippen LogP contribution in [0.15, 0.2) is 18.2 Å². The maximum Gasteiger partial charge on any atom is 0.125 e. The lowest BCUT2D eigenvalue weighted by atomic mass is 10.1. The van der Waals surface area contributed by atoms with Crippen molar-refractivity contribution >= 4 is 5.69 Å². The molecule has 104 valence electrons. The molecule has 1 N–H and O–H groups in total. The molecular formula is C16H23FN2. The van der Waals surface area contributed by atoms with Gasteiger partial charge in [-0.25, -0.2) is 4.39 Å². The van der Waals surface area contributed by atoms with E-state index in [1.165, 1.54) is 25.7 Å². The van der Waals surface area contributed by atoms with Crippen LogP contribution in [-0.2, 0) is 6.54 Å². The van der Waals surface area contributed by atoms with Crippen LogP contribution in [0, 0.1) is 11.7 Å². The predicted octanol–water partition coefficient (Wildman–Crippen LogP) is 3.31. The third-order valence-electron chi connectivity index (χ3n) is 3.99. The van der Waals surface area contributed by atoms with E-state index in [2.05, 4.69) is 23.2 Å². The number of halogens is 1. The molecule has 2 aliphatic rings. The van der Waals surface area contributed by atoms with Gasteiger partial charge in [0.2, 0.25) is 0 Å². The Balaban J connectivity index is 1.77. The zero-order valence-corrected chi connectivity index (χ0v) is 11.7. The van der Waals surface area contributed by atoms with E-state index in [-0.39, 0.29) is 5.82 Å². The highest BCUT2D eigenvalue weighted by molar-refractivity contribution is 5.51. The quantitative estimate of drug-likeness (QED) is 0.811. The zero-order chi connectivity index (χ0) is 13.2. The SMILES string of the molecule is CCNCc1cc(F)cc(N(CC2CC2)C2CC2)c1. The summed E-state index contributed by atoms with van der Waals surface area (Å²) < 4.78 is 13.8. The smallest absolute Gasteiger partial charge is 0.125 e. The fraction of sp³-hybridized carbons (Fsp3) is 0.625. The first-order valence-corrected chi connectivity index (χ1v) is 7.53. The van der Waals surface area contributed by atoms with Gasteiger partial charge in [0.15, 0.2) is 0 Å². The number of nitrogens with zero attached hydrogens (tertiary/aromatic N) is 1. The molecule has 1 aromatic rings. The Morgan fingerprint density at radius 3 is 2.63 bits per heavy atom. The van der Waals surface area contributed by atoms with Gasteiger partial charge in [0.25, 0.3) is 0 Å². The summed E-state index contributed by atoms with van der Waals surface area (Å²) in [6.07, 6.45) is 5.24. The Kier molecular flexibility index (Phi) is 3.74. The molecule has 0 aromatic heterocycles. The van der Waals surface area contributed by atoms with Crippen molar-refractivity contribution in [3.63, 3.8) is 0 Å². The van der Waals surface area contributed by atoms with E-state index >= 15 is 0 Å². The van der Waals surface area contributed by atoms with Crippen LogP contribution >= 0.6 is 0 Å². The average Bonchev–Trinajstić information content (AvgIpc) is 3.26. The van der Waals surface area contributed by atoms with Gasteiger partial charge in [-0.15, -0.1) is 0 Å². The van der Waals surface area contributed by atoms with Crippen molar-refractivity contribution in [3.8, 4) is 0 Å².